The predicted molar refractivity (Wildman–Crippen MR) is 147 cm³/mol. The number of hydrogen-bond donors (Lipinski definition) is 1. The van der Waals surface area contributed by atoms with Gasteiger partial charge in [-0.1, -0.05) is 19.8 Å². The average molecular weight is 511 g/mol. The fourth-order valence-electron chi connectivity index (χ4n) is 6.73. The molecule has 1 N–H and O–H groups in total. The summed E-state index contributed by atoms with van der Waals surface area (Å²) in [6.07, 6.45) is 11.1. The van der Waals surface area contributed by atoms with E-state index in [2.05, 4.69) is 46.6 Å². The summed E-state index contributed by atoms with van der Waals surface area (Å²) < 4.78 is 7.48. The lowest BCUT2D eigenvalue weighted by atomic mass is 9.77. The van der Waals surface area contributed by atoms with Crippen LogP contribution in [0.3, 0.4) is 0 Å². The van der Waals surface area contributed by atoms with Crippen LogP contribution in [0.5, 0.6) is 0 Å². The first kappa shape index (κ1) is 26.4. The molecule has 1 aliphatic heterocycles. The monoisotopic (exact) mass is 510 g/mol. The van der Waals surface area contributed by atoms with Crippen molar-refractivity contribution >= 4 is 17.4 Å². The number of anilines is 1. The van der Waals surface area contributed by atoms with Gasteiger partial charge in [0.05, 0.1) is 18.3 Å². The predicted octanol–water partition coefficient (Wildman–Crippen LogP) is 4.52. The molecule has 204 valence electrons. The van der Waals surface area contributed by atoms with Crippen LogP contribution in [0.25, 0.3) is 5.52 Å². The average Bonchev–Trinajstić information content (AvgIpc) is 3.28. The quantitative estimate of drug-likeness (QED) is 0.590. The minimum Gasteiger partial charge on any atom is -0.383 e. The van der Waals surface area contributed by atoms with Crippen molar-refractivity contribution in [2.45, 2.75) is 83.1 Å². The van der Waals surface area contributed by atoms with Crippen molar-refractivity contribution < 1.29 is 9.53 Å². The zero-order valence-electron chi connectivity index (χ0n) is 23.3. The third-order valence-corrected chi connectivity index (χ3v) is 9.13. The van der Waals surface area contributed by atoms with Crippen molar-refractivity contribution in [1.29, 1.82) is 0 Å². The highest BCUT2D eigenvalue weighted by atomic mass is 16.5. The number of fused-ring (bicyclic) bond motifs is 1. The Kier molecular flexibility index (Phi) is 8.34. The Hall–Kier alpha value is -2.19. The van der Waals surface area contributed by atoms with Crippen LogP contribution in [-0.2, 0) is 9.53 Å². The number of carbonyl (C=O) groups is 1. The molecule has 0 aromatic carbocycles. The number of aromatic nitrogens is 3. The van der Waals surface area contributed by atoms with Gasteiger partial charge in [0.1, 0.15) is 0 Å². The lowest BCUT2D eigenvalue weighted by Gasteiger charge is -2.36. The van der Waals surface area contributed by atoms with Crippen LogP contribution < -0.4 is 5.32 Å². The highest BCUT2D eigenvalue weighted by molar-refractivity contribution is 5.79. The molecule has 3 fully saturated rings. The van der Waals surface area contributed by atoms with E-state index in [1.165, 1.54) is 36.9 Å². The smallest absolute Gasteiger partial charge is 0.241 e. The molecular formula is C29H46N6O2. The van der Waals surface area contributed by atoms with Crippen LogP contribution in [-0.4, -0.2) is 83.3 Å². The Bertz CT molecular complexity index is 1050. The van der Waals surface area contributed by atoms with Crippen molar-refractivity contribution in [3.05, 3.63) is 23.5 Å². The van der Waals surface area contributed by atoms with Crippen LogP contribution in [0, 0.1) is 11.8 Å². The van der Waals surface area contributed by atoms with Crippen molar-refractivity contribution in [1.82, 2.24) is 24.4 Å². The van der Waals surface area contributed by atoms with Gasteiger partial charge >= 0.3 is 0 Å². The zero-order valence-corrected chi connectivity index (χ0v) is 23.3. The van der Waals surface area contributed by atoms with E-state index in [4.69, 9.17) is 14.8 Å². The molecule has 2 aromatic heterocycles. The molecule has 0 unspecified atom stereocenters. The molecule has 8 heteroatoms. The number of piperazine rings is 1. The summed E-state index contributed by atoms with van der Waals surface area (Å²) in [6, 6.07) is 2.59. The van der Waals surface area contributed by atoms with Gasteiger partial charge in [-0.25, -0.2) is 9.50 Å². The van der Waals surface area contributed by atoms with Gasteiger partial charge in [-0.3, -0.25) is 4.79 Å². The normalized spacial score (nSPS) is 28.4. The molecule has 2 aliphatic carbocycles. The summed E-state index contributed by atoms with van der Waals surface area (Å²) in [5.74, 6) is 3.06. The van der Waals surface area contributed by atoms with E-state index in [0.717, 1.165) is 63.3 Å². The van der Waals surface area contributed by atoms with Crippen molar-refractivity contribution in [3.63, 3.8) is 0 Å². The third kappa shape index (κ3) is 5.95. The topological polar surface area (TPSA) is 75.0 Å². The maximum Gasteiger partial charge on any atom is 0.241 e. The highest BCUT2D eigenvalue weighted by Crippen LogP contribution is 2.42. The largest absolute Gasteiger partial charge is 0.383 e. The maximum atomic E-state index is 13.2. The first-order valence-corrected chi connectivity index (χ1v) is 14.5. The number of carbonyl (C=O) groups excluding carboxylic acids is 1. The Balaban J connectivity index is 1.34. The molecule has 37 heavy (non-hydrogen) atoms. The van der Waals surface area contributed by atoms with Crippen molar-refractivity contribution in [2.75, 3.05) is 52.3 Å². The first-order valence-electron chi connectivity index (χ1n) is 14.5. The molecular weight excluding hydrogens is 464 g/mol. The number of nitrogens with zero attached hydrogens (tertiary/aromatic N) is 5. The molecule has 0 spiro atoms. The minimum atomic E-state index is 0.143. The Labute approximate surface area is 222 Å². The van der Waals surface area contributed by atoms with Gasteiger partial charge in [-0.05, 0) is 76.0 Å². The second-order valence-corrected chi connectivity index (χ2v) is 12.0. The molecule has 1 atom stereocenters. The van der Waals surface area contributed by atoms with E-state index in [9.17, 15) is 4.79 Å². The summed E-state index contributed by atoms with van der Waals surface area (Å²) in [7, 11) is 3.86. The van der Waals surface area contributed by atoms with E-state index in [-0.39, 0.29) is 12.0 Å². The number of amides is 1. The van der Waals surface area contributed by atoms with E-state index >= 15 is 0 Å². The number of rotatable bonds is 7. The van der Waals surface area contributed by atoms with Gasteiger partial charge in [0, 0.05) is 56.9 Å². The number of hydrogen-bond acceptors (Lipinski definition) is 6. The summed E-state index contributed by atoms with van der Waals surface area (Å²) in [6.45, 7) is 8.80. The van der Waals surface area contributed by atoms with E-state index in [1.807, 2.05) is 6.20 Å². The lowest BCUT2D eigenvalue weighted by Crippen LogP contribution is -2.49. The molecule has 5 rings (SSSR count). The van der Waals surface area contributed by atoms with E-state index in [1.54, 1.807) is 7.11 Å². The Morgan fingerprint density at radius 1 is 1.05 bits per heavy atom. The van der Waals surface area contributed by atoms with Crippen LogP contribution in [0.2, 0.25) is 0 Å². The number of nitrogens with one attached hydrogen (secondary N) is 1. The van der Waals surface area contributed by atoms with Crippen LogP contribution >= 0.6 is 0 Å². The summed E-state index contributed by atoms with van der Waals surface area (Å²) in [4.78, 5) is 22.3. The molecule has 1 saturated heterocycles. The third-order valence-electron chi connectivity index (χ3n) is 9.13. The first-order chi connectivity index (χ1) is 17.9. The van der Waals surface area contributed by atoms with Gasteiger partial charge in [0.25, 0.3) is 0 Å². The molecule has 2 saturated carbocycles. The van der Waals surface area contributed by atoms with Crippen LogP contribution in [0.15, 0.2) is 12.3 Å². The minimum absolute atomic E-state index is 0.143. The molecule has 8 nitrogen and oxygen atoms in total. The standard InChI is InChI=1S/C29H46N6O2/c1-20-5-7-23(8-6-20)26-17-25(27-18-30-29(32-35(26)27)31-21(2)19-37-4)22-9-11-24(12-10-22)28(36)34-15-13-33(3)14-16-34/h17-18,20-24H,5-16,19H2,1-4H3,(H,31,32)/t20?,21-,22?,23?,24?/m0/s1. The van der Waals surface area contributed by atoms with Gasteiger partial charge < -0.3 is 19.9 Å². The molecule has 1 amide bonds. The summed E-state index contributed by atoms with van der Waals surface area (Å²) >= 11 is 0. The molecule has 3 aliphatic rings. The van der Waals surface area contributed by atoms with E-state index < -0.39 is 0 Å². The fraction of sp³-hybridized carbons (Fsp3) is 0.759. The lowest BCUT2D eigenvalue weighted by molar-refractivity contribution is -0.138. The summed E-state index contributed by atoms with van der Waals surface area (Å²) in [5.41, 5.74) is 3.88. The molecule has 3 heterocycles. The SMILES string of the molecule is COC[C@H](C)Nc1ncc2c(C3CCC(C(=O)N4CCN(C)CC4)CC3)cc(C3CCC(C)CC3)n2n1. The molecule has 2 aromatic rings. The number of methoxy groups -OCH3 is 1. The number of likely N-dealkylation sites (N-methyl/N-ethyl adjacent to an activating group) is 1. The summed E-state index contributed by atoms with van der Waals surface area (Å²) in [5, 5.41) is 8.39. The van der Waals surface area contributed by atoms with Gasteiger partial charge in [0.2, 0.25) is 11.9 Å². The second-order valence-electron chi connectivity index (χ2n) is 12.0. The van der Waals surface area contributed by atoms with Crippen LogP contribution in [0.4, 0.5) is 5.95 Å². The van der Waals surface area contributed by atoms with Crippen molar-refractivity contribution in [2.24, 2.45) is 11.8 Å². The Morgan fingerprint density at radius 3 is 2.41 bits per heavy atom. The Morgan fingerprint density at radius 2 is 1.73 bits per heavy atom. The molecule has 0 bridgehead atoms. The van der Waals surface area contributed by atoms with Gasteiger partial charge in [-0.2, -0.15) is 0 Å². The van der Waals surface area contributed by atoms with E-state index in [0.29, 0.717) is 30.3 Å². The maximum absolute atomic E-state index is 13.2. The van der Waals surface area contributed by atoms with Crippen molar-refractivity contribution in [3.8, 4) is 0 Å². The zero-order chi connectivity index (χ0) is 25.9. The molecule has 0 radical (unpaired) electrons. The van der Waals surface area contributed by atoms with Gasteiger partial charge in [-0.15, -0.1) is 5.10 Å². The van der Waals surface area contributed by atoms with Gasteiger partial charge in [0.15, 0.2) is 0 Å². The fourth-order valence-corrected chi connectivity index (χ4v) is 6.73. The second kappa shape index (κ2) is 11.7. The van der Waals surface area contributed by atoms with Crippen LogP contribution in [0.1, 0.15) is 88.3 Å². The number of ether oxygens (including phenoxy) is 1. The highest BCUT2D eigenvalue weighted by Gasteiger charge is 2.33.